The van der Waals surface area contributed by atoms with Crippen LogP contribution in [0.5, 0.6) is 0 Å². The molecule has 0 bridgehead atoms. The highest BCUT2D eigenvalue weighted by Gasteiger charge is 2.08. The number of nitro benzene ring substituents is 1. The van der Waals surface area contributed by atoms with E-state index in [-0.39, 0.29) is 5.69 Å². The maximum atomic E-state index is 10.7. The Morgan fingerprint density at radius 2 is 2.26 bits per heavy atom. The fourth-order valence-electron chi connectivity index (χ4n) is 1.60. The Balaban J connectivity index is 1.97. The van der Waals surface area contributed by atoms with Gasteiger partial charge < -0.3 is 15.6 Å². The van der Waals surface area contributed by atoms with Crippen molar-refractivity contribution in [2.45, 2.75) is 13.3 Å². The summed E-state index contributed by atoms with van der Waals surface area (Å²) in [7, 11) is 0. The van der Waals surface area contributed by atoms with Gasteiger partial charge in [-0.2, -0.15) is 4.98 Å². The molecule has 2 aromatic rings. The monoisotopic (exact) mass is 263 g/mol. The summed E-state index contributed by atoms with van der Waals surface area (Å²) in [5, 5.41) is 17.5. The number of aryl methyl sites for hydroxylation is 1. The topological polar surface area (TPSA) is 120 Å². The minimum absolute atomic E-state index is 0.0436. The van der Waals surface area contributed by atoms with Crippen LogP contribution < -0.4 is 11.1 Å². The van der Waals surface area contributed by atoms with Gasteiger partial charge in [0.2, 0.25) is 5.89 Å². The van der Waals surface area contributed by atoms with Crippen LogP contribution in [-0.2, 0) is 6.42 Å². The average molecular weight is 263 g/mol. The van der Waals surface area contributed by atoms with Crippen molar-refractivity contribution in [1.29, 1.82) is 0 Å². The zero-order valence-corrected chi connectivity index (χ0v) is 10.3. The third kappa shape index (κ3) is 3.41. The Bertz CT molecular complexity index is 596. The lowest BCUT2D eigenvalue weighted by atomic mass is 10.2. The van der Waals surface area contributed by atoms with Crippen LogP contribution in [-0.4, -0.2) is 21.6 Å². The van der Waals surface area contributed by atoms with Gasteiger partial charge in [0.05, 0.1) is 4.92 Å². The first-order chi connectivity index (χ1) is 9.04. The number of nitrogens with two attached hydrogens (primary N) is 1. The fraction of sp³-hybridized carbons (Fsp3) is 0.273. The molecule has 1 aromatic heterocycles. The van der Waals surface area contributed by atoms with E-state index in [9.17, 15) is 10.1 Å². The molecule has 0 radical (unpaired) electrons. The van der Waals surface area contributed by atoms with E-state index in [1.54, 1.807) is 13.0 Å². The smallest absolute Gasteiger partial charge is 0.273 e. The van der Waals surface area contributed by atoms with Crippen LogP contribution in [0, 0.1) is 17.0 Å². The first-order valence-electron chi connectivity index (χ1n) is 5.62. The maximum absolute atomic E-state index is 10.7. The highest BCUT2D eigenvalue weighted by Crippen LogP contribution is 2.22. The number of aromatic nitrogens is 2. The molecule has 0 amide bonds. The molecule has 0 unspecified atom stereocenters. The van der Waals surface area contributed by atoms with Gasteiger partial charge in [-0.25, -0.2) is 0 Å². The quantitative estimate of drug-likeness (QED) is 0.476. The van der Waals surface area contributed by atoms with Crippen molar-refractivity contribution in [3.8, 4) is 0 Å². The van der Waals surface area contributed by atoms with Crippen molar-refractivity contribution in [2.24, 2.45) is 0 Å². The van der Waals surface area contributed by atoms with Crippen molar-refractivity contribution >= 4 is 17.1 Å². The largest absolute Gasteiger partial charge is 0.398 e. The normalized spacial score (nSPS) is 10.4. The van der Waals surface area contributed by atoms with Gasteiger partial charge in [-0.15, -0.1) is 0 Å². The highest BCUT2D eigenvalue weighted by atomic mass is 16.6. The van der Waals surface area contributed by atoms with Crippen LogP contribution in [0.15, 0.2) is 22.7 Å². The molecule has 0 saturated heterocycles. The maximum Gasteiger partial charge on any atom is 0.273 e. The summed E-state index contributed by atoms with van der Waals surface area (Å²) in [5.41, 5.74) is 6.49. The van der Waals surface area contributed by atoms with Gasteiger partial charge in [0.15, 0.2) is 5.82 Å². The molecule has 0 aliphatic carbocycles. The van der Waals surface area contributed by atoms with E-state index < -0.39 is 4.92 Å². The number of anilines is 2. The van der Waals surface area contributed by atoms with Gasteiger partial charge in [0.1, 0.15) is 0 Å². The standard InChI is InChI=1S/C11H13N5O3/c1-7-14-11(15-19-7)2-3-13-9-4-8(12)5-10(6-9)16(17)18/h4-6,13H,2-3,12H2,1H3. The molecule has 0 saturated carbocycles. The van der Waals surface area contributed by atoms with Crippen LogP contribution >= 0.6 is 0 Å². The number of benzene rings is 1. The van der Waals surface area contributed by atoms with Gasteiger partial charge in [-0.3, -0.25) is 10.1 Å². The predicted molar refractivity (Wildman–Crippen MR) is 68.7 cm³/mol. The Hall–Kier alpha value is -2.64. The van der Waals surface area contributed by atoms with Crippen LogP contribution in [0.25, 0.3) is 0 Å². The van der Waals surface area contributed by atoms with Crippen LogP contribution in [0.2, 0.25) is 0 Å². The summed E-state index contributed by atoms with van der Waals surface area (Å²) in [6.45, 7) is 2.24. The molecule has 19 heavy (non-hydrogen) atoms. The fourth-order valence-corrected chi connectivity index (χ4v) is 1.60. The molecule has 100 valence electrons. The summed E-state index contributed by atoms with van der Waals surface area (Å²) < 4.78 is 4.84. The van der Waals surface area contributed by atoms with Crippen molar-refractivity contribution in [2.75, 3.05) is 17.6 Å². The van der Waals surface area contributed by atoms with E-state index >= 15 is 0 Å². The number of nitro groups is 1. The Labute approximate surface area is 108 Å². The van der Waals surface area contributed by atoms with E-state index in [2.05, 4.69) is 15.5 Å². The van der Waals surface area contributed by atoms with Crippen LogP contribution in [0.4, 0.5) is 17.1 Å². The van der Waals surface area contributed by atoms with E-state index in [4.69, 9.17) is 10.3 Å². The van der Waals surface area contributed by atoms with Crippen molar-refractivity contribution in [1.82, 2.24) is 10.1 Å². The van der Waals surface area contributed by atoms with Gasteiger partial charge in [0.25, 0.3) is 5.69 Å². The molecule has 0 spiro atoms. The van der Waals surface area contributed by atoms with Gasteiger partial charge >= 0.3 is 0 Å². The number of non-ortho nitro benzene ring substituents is 1. The summed E-state index contributed by atoms with van der Waals surface area (Å²) in [5.74, 6) is 1.10. The Morgan fingerprint density at radius 3 is 2.89 bits per heavy atom. The predicted octanol–water partition coefficient (Wildman–Crippen LogP) is 1.52. The minimum atomic E-state index is -0.482. The van der Waals surface area contributed by atoms with Crippen LogP contribution in [0.3, 0.4) is 0 Å². The SMILES string of the molecule is Cc1nc(CCNc2cc(N)cc([N+](=O)[O-])c2)no1. The molecule has 0 atom stereocenters. The highest BCUT2D eigenvalue weighted by molar-refractivity contribution is 5.61. The van der Waals surface area contributed by atoms with Crippen molar-refractivity contribution in [3.63, 3.8) is 0 Å². The summed E-state index contributed by atoms with van der Waals surface area (Å²) in [6.07, 6.45) is 0.555. The number of nitrogens with one attached hydrogen (secondary N) is 1. The molecule has 0 fully saturated rings. The Morgan fingerprint density at radius 1 is 1.47 bits per heavy atom. The number of nitrogen functional groups attached to an aromatic ring is 1. The van der Waals surface area contributed by atoms with Crippen molar-refractivity contribution < 1.29 is 9.45 Å². The van der Waals surface area contributed by atoms with E-state index in [0.717, 1.165) is 0 Å². The second kappa shape index (κ2) is 5.34. The van der Waals surface area contributed by atoms with Crippen molar-refractivity contribution in [3.05, 3.63) is 40.0 Å². The third-order valence-electron chi connectivity index (χ3n) is 2.40. The molecule has 3 N–H and O–H groups in total. The number of hydrogen-bond donors (Lipinski definition) is 2. The number of rotatable bonds is 5. The molecule has 8 nitrogen and oxygen atoms in total. The molecule has 0 aliphatic heterocycles. The van der Waals surface area contributed by atoms with Gasteiger partial charge in [0, 0.05) is 43.4 Å². The number of nitrogens with zero attached hydrogens (tertiary/aromatic N) is 3. The van der Waals surface area contributed by atoms with E-state index in [1.165, 1.54) is 12.1 Å². The molecular weight excluding hydrogens is 250 g/mol. The molecule has 1 aromatic carbocycles. The molecule has 1 heterocycles. The van der Waals surface area contributed by atoms with E-state index in [1.807, 2.05) is 0 Å². The Kier molecular flexibility index (Phi) is 3.60. The number of hydrogen-bond acceptors (Lipinski definition) is 7. The average Bonchev–Trinajstić information content (AvgIpc) is 2.74. The molecule has 0 aliphatic rings. The summed E-state index contributed by atoms with van der Waals surface area (Å²) >= 11 is 0. The lowest BCUT2D eigenvalue weighted by molar-refractivity contribution is -0.384. The van der Waals surface area contributed by atoms with E-state index in [0.29, 0.717) is 36.1 Å². The van der Waals surface area contributed by atoms with Crippen LogP contribution in [0.1, 0.15) is 11.7 Å². The van der Waals surface area contributed by atoms with Gasteiger partial charge in [-0.1, -0.05) is 5.16 Å². The molecule has 2 rings (SSSR count). The first-order valence-corrected chi connectivity index (χ1v) is 5.62. The third-order valence-corrected chi connectivity index (χ3v) is 2.40. The summed E-state index contributed by atoms with van der Waals surface area (Å²) in [6, 6.07) is 4.38. The van der Waals surface area contributed by atoms with Gasteiger partial charge in [-0.05, 0) is 6.07 Å². The molecular formula is C11H13N5O3. The second-order valence-corrected chi connectivity index (χ2v) is 3.98. The lowest BCUT2D eigenvalue weighted by Crippen LogP contribution is -2.06. The lowest BCUT2D eigenvalue weighted by Gasteiger charge is -2.05. The zero-order chi connectivity index (χ0) is 13.8. The first kappa shape index (κ1) is 12.8. The molecule has 8 heteroatoms. The minimum Gasteiger partial charge on any atom is -0.398 e. The second-order valence-electron chi connectivity index (χ2n) is 3.98. The zero-order valence-electron chi connectivity index (χ0n) is 10.3. The summed E-state index contributed by atoms with van der Waals surface area (Å²) in [4.78, 5) is 14.3.